The van der Waals surface area contributed by atoms with E-state index in [1.54, 1.807) is 13.8 Å². The van der Waals surface area contributed by atoms with Crippen molar-refractivity contribution in [3.8, 4) is 0 Å². The van der Waals surface area contributed by atoms with Crippen LogP contribution < -0.4 is 5.32 Å². The summed E-state index contributed by atoms with van der Waals surface area (Å²) in [6.45, 7) is 5.26. The molecule has 3 rings (SSSR count). The van der Waals surface area contributed by atoms with E-state index in [0.717, 1.165) is 16.5 Å². The molecule has 0 aliphatic carbocycles. The second-order valence-electron chi connectivity index (χ2n) is 6.18. The average Bonchev–Trinajstić information content (AvgIpc) is 3.04. The van der Waals surface area contributed by atoms with Crippen molar-refractivity contribution < 1.29 is 18.0 Å². The number of aryl methyl sites for hydroxylation is 3. The first-order valence-corrected chi connectivity index (χ1v) is 8.38. The van der Waals surface area contributed by atoms with Crippen molar-refractivity contribution in [1.82, 2.24) is 19.6 Å². The summed E-state index contributed by atoms with van der Waals surface area (Å²) in [6.07, 6.45) is -3.79. The third kappa shape index (κ3) is 3.91. The van der Waals surface area contributed by atoms with Crippen molar-refractivity contribution in [2.45, 2.75) is 39.8 Å². The highest BCUT2D eigenvalue weighted by molar-refractivity contribution is 5.92. The number of aromatic nitrogens is 4. The Balaban J connectivity index is 1.86. The van der Waals surface area contributed by atoms with Gasteiger partial charge < -0.3 is 5.32 Å². The molecule has 2 aromatic heterocycles. The fourth-order valence-corrected chi connectivity index (χ4v) is 2.77. The zero-order valence-corrected chi connectivity index (χ0v) is 15.1. The lowest BCUT2D eigenvalue weighted by Crippen LogP contribution is -2.17. The van der Waals surface area contributed by atoms with Crippen LogP contribution in [0.4, 0.5) is 18.9 Å². The van der Waals surface area contributed by atoms with Crippen LogP contribution in [0.25, 0.3) is 5.78 Å². The van der Waals surface area contributed by atoms with Crippen LogP contribution in [-0.2, 0) is 23.8 Å². The van der Waals surface area contributed by atoms with E-state index < -0.39 is 12.0 Å². The van der Waals surface area contributed by atoms with Crippen molar-refractivity contribution in [2.24, 2.45) is 0 Å². The number of anilines is 1. The first-order valence-electron chi connectivity index (χ1n) is 8.38. The van der Waals surface area contributed by atoms with Crippen LogP contribution in [0, 0.1) is 13.8 Å². The Morgan fingerprint density at radius 2 is 1.81 bits per heavy atom. The maximum Gasteiger partial charge on any atom is 0.453 e. The smallest absolute Gasteiger partial charge is 0.326 e. The molecule has 0 saturated carbocycles. The highest BCUT2D eigenvalue weighted by atomic mass is 19.4. The first-order chi connectivity index (χ1) is 12.7. The van der Waals surface area contributed by atoms with Gasteiger partial charge in [-0.1, -0.05) is 19.1 Å². The first kappa shape index (κ1) is 18.8. The number of carbonyl (C=O) groups excluding carboxylic acids is 1. The monoisotopic (exact) mass is 377 g/mol. The van der Waals surface area contributed by atoms with Gasteiger partial charge in [0.05, 0.1) is 6.42 Å². The quantitative estimate of drug-likeness (QED) is 0.755. The number of benzene rings is 1. The minimum Gasteiger partial charge on any atom is -0.326 e. The fourth-order valence-electron chi connectivity index (χ4n) is 2.77. The van der Waals surface area contributed by atoms with E-state index in [2.05, 4.69) is 20.4 Å². The second-order valence-corrected chi connectivity index (χ2v) is 6.18. The van der Waals surface area contributed by atoms with Crippen LogP contribution in [0.3, 0.4) is 0 Å². The number of amides is 1. The van der Waals surface area contributed by atoms with Gasteiger partial charge in [0.2, 0.25) is 5.91 Å². The van der Waals surface area contributed by atoms with E-state index in [-0.39, 0.29) is 18.1 Å². The van der Waals surface area contributed by atoms with Crippen molar-refractivity contribution in [3.63, 3.8) is 0 Å². The molecule has 2 heterocycles. The molecule has 0 fully saturated rings. The van der Waals surface area contributed by atoms with Gasteiger partial charge >= 0.3 is 6.18 Å². The van der Waals surface area contributed by atoms with Crippen LogP contribution in [0.2, 0.25) is 0 Å². The zero-order chi connectivity index (χ0) is 19.8. The number of carbonyl (C=O) groups is 1. The van der Waals surface area contributed by atoms with Gasteiger partial charge in [0.15, 0.2) is 0 Å². The van der Waals surface area contributed by atoms with Gasteiger partial charge in [-0.05, 0) is 38.0 Å². The Kier molecular flexibility index (Phi) is 4.86. The Labute approximate surface area is 153 Å². The van der Waals surface area contributed by atoms with Gasteiger partial charge in [0, 0.05) is 22.6 Å². The number of alkyl halides is 3. The molecule has 0 aliphatic heterocycles. The standard InChI is InChI=1S/C18H18F3N5O/c1-4-12-5-7-13(8-6-12)23-15(27)9-14-10(2)22-17-24-16(18(19,20)21)25-26(17)11(14)3/h5-8H,4,9H2,1-3H3,(H,23,27). The Morgan fingerprint density at radius 3 is 2.41 bits per heavy atom. The van der Waals surface area contributed by atoms with Crippen LogP contribution >= 0.6 is 0 Å². The SMILES string of the molecule is CCc1ccc(NC(=O)Cc2c(C)nc3nc(C(F)(F)F)nn3c2C)cc1. The number of nitrogens with one attached hydrogen (secondary N) is 1. The predicted octanol–water partition coefficient (Wildman–Crippen LogP) is 3.50. The number of halogens is 3. The average molecular weight is 377 g/mol. The molecule has 1 aromatic carbocycles. The van der Waals surface area contributed by atoms with Crippen LogP contribution in [-0.4, -0.2) is 25.5 Å². The largest absolute Gasteiger partial charge is 0.453 e. The molecule has 0 saturated heterocycles. The molecule has 1 N–H and O–H groups in total. The third-order valence-electron chi connectivity index (χ3n) is 4.29. The number of rotatable bonds is 4. The van der Waals surface area contributed by atoms with E-state index in [4.69, 9.17) is 0 Å². The van der Waals surface area contributed by atoms with Gasteiger partial charge in [0.25, 0.3) is 11.6 Å². The van der Waals surface area contributed by atoms with Crippen molar-refractivity contribution >= 4 is 17.4 Å². The highest BCUT2D eigenvalue weighted by Crippen LogP contribution is 2.27. The Bertz CT molecular complexity index is 993. The van der Waals surface area contributed by atoms with E-state index in [1.807, 2.05) is 31.2 Å². The highest BCUT2D eigenvalue weighted by Gasteiger charge is 2.37. The fraction of sp³-hybridized carbons (Fsp3) is 0.333. The molecule has 0 unspecified atom stereocenters. The van der Waals surface area contributed by atoms with Gasteiger partial charge in [0.1, 0.15) is 0 Å². The summed E-state index contributed by atoms with van der Waals surface area (Å²) in [7, 11) is 0. The van der Waals surface area contributed by atoms with Crippen molar-refractivity contribution in [3.05, 3.63) is 52.6 Å². The molecule has 0 bridgehead atoms. The summed E-state index contributed by atoms with van der Waals surface area (Å²) >= 11 is 0. The van der Waals surface area contributed by atoms with Crippen LogP contribution in [0.15, 0.2) is 24.3 Å². The number of hydrogen-bond acceptors (Lipinski definition) is 4. The molecule has 0 radical (unpaired) electrons. The molecule has 142 valence electrons. The zero-order valence-electron chi connectivity index (χ0n) is 15.1. The maximum absolute atomic E-state index is 12.8. The summed E-state index contributed by atoms with van der Waals surface area (Å²) in [6, 6.07) is 7.47. The number of nitrogens with zero attached hydrogens (tertiary/aromatic N) is 4. The molecular weight excluding hydrogens is 359 g/mol. The second kappa shape index (κ2) is 6.98. The minimum atomic E-state index is -4.66. The maximum atomic E-state index is 12.8. The predicted molar refractivity (Wildman–Crippen MR) is 93.4 cm³/mol. The summed E-state index contributed by atoms with van der Waals surface area (Å²) < 4.78 is 39.5. The Morgan fingerprint density at radius 1 is 1.15 bits per heavy atom. The summed E-state index contributed by atoms with van der Waals surface area (Å²) in [5.74, 6) is -1.69. The number of fused-ring (bicyclic) bond motifs is 1. The van der Waals surface area contributed by atoms with E-state index in [1.165, 1.54) is 0 Å². The molecule has 27 heavy (non-hydrogen) atoms. The van der Waals surface area contributed by atoms with E-state index in [0.29, 0.717) is 22.6 Å². The van der Waals surface area contributed by atoms with Crippen molar-refractivity contribution in [1.29, 1.82) is 0 Å². The van der Waals surface area contributed by atoms with E-state index >= 15 is 0 Å². The molecule has 0 spiro atoms. The molecule has 0 aliphatic rings. The summed E-state index contributed by atoms with van der Waals surface area (Å²) in [5.41, 5.74) is 3.17. The van der Waals surface area contributed by atoms with E-state index in [9.17, 15) is 18.0 Å². The molecule has 3 aromatic rings. The van der Waals surface area contributed by atoms with Crippen LogP contribution in [0.5, 0.6) is 0 Å². The van der Waals surface area contributed by atoms with Gasteiger partial charge in [-0.15, -0.1) is 5.10 Å². The van der Waals surface area contributed by atoms with Gasteiger partial charge in [-0.3, -0.25) is 4.79 Å². The molecule has 6 nitrogen and oxygen atoms in total. The van der Waals surface area contributed by atoms with Crippen LogP contribution in [0.1, 0.15) is 35.3 Å². The lowest BCUT2D eigenvalue weighted by molar-refractivity contribution is -0.144. The summed E-state index contributed by atoms with van der Waals surface area (Å²) in [4.78, 5) is 19.9. The minimum absolute atomic E-state index is 0.0304. The number of hydrogen-bond donors (Lipinski definition) is 1. The lowest BCUT2D eigenvalue weighted by atomic mass is 10.1. The lowest BCUT2D eigenvalue weighted by Gasteiger charge is -2.11. The Hall–Kier alpha value is -2.97. The molecular formula is C18H18F3N5O. The van der Waals surface area contributed by atoms with Gasteiger partial charge in [-0.2, -0.15) is 18.2 Å². The molecule has 0 atom stereocenters. The normalized spacial score (nSPS) is 11.8. The topological polar surface area (TPSA) is 72.2 Å². The summed E-state index contributed by atoms with van der Waals surface area (Å²) in [5, 5.41) is 6.26. The van der Waals surface area contributed by atoms with Crippen molar-refractivity contribution in [2.75, 3.05) is 5.32 Å². The van der Waals surface area contributed by atoms with Gasteiger partial charge in [-0.25, -0.2) is 9.50 Å². The molecule has 9 heteroatoms. The third-order valence-corrected chi connectivity index (χ3v) is 4.29. The molecule has 1 amide bonds.